The monoisotopic (exact) mass is 511 g/mol. The average molecular weight is 512 g/mol. The maximum Gasteiger partial charge on any atom is 0.264 e. The van der Waals surface area contributed by atoms with Crippen molar-refractivity contribution in [2.45, 2.75) is 70.9 Å². The number of ether oxygens (including phenoxy) is 1. The molecule has 5 rings (SSSR count). The Bertz CT molecular complexity index is 963. The Morgan fingerprint density at radius 1 is 1.14 bits per heavy atom. The normalized spacial score (nSPS) is 46.5. The highest BCUT2D eigenvalue weighted by atomic mass is 32.2. The van der Waals surface area contributed by atoms with Crippen molar-refractivity contribution in [3.8, 4) is 0 Å². The van der Waals surface area contributed by atoms with Crippen LogP contribution in [0.5, 0.6) is 0 Å². The van der Waals surface area contributed by atoms with Gasteiger partial charge in [-0.15, -0.1) is 0 Å². The van der Waals surface area contributed by atoms with E-state index in [9.17, 15) is 23.1 Å². The summed E-state index contributed by atoms with van der Waals surface area (Å²) in [6.45, 7) is 6.96. The fourth-order valence-corrected chi connectivity index (χ4v) is 9.50. The second kappa shape index (κ2) is 9.15. The summed E-state index contributed by atoms with van der Waals surface area (Å²) >= 11 is 0. The largest absolute Gasteiger partial charge is 0.391 e. The van der Waals surface area contributed by atoms with Gasteiger partial charge in [-0.25, -0.2) is 0 Å². The lowest BCUT2D eigenvalue weighted by molar-refractivity contribution is -0.171. The fraction of sp³-hybridized carbons (Fsp3) is 0.923. The van der Waals surface area contributed by atoms with Gasteiger partial charge in [0.1, 0.15) is 12.4 Å². The van der Waals surface area contributed by atoms with Gasteiger partial charge in [-0.05, 0) is 67.1 Å². The molecular weight excluding hydrogens is 470 g/mol. The molecule has 5 fully saturated rings. The van der Waals surface area contributed by atoms with Crippen LogP contribution in [0.15, 0.2) is 0 Å². The Hall–Kier alpha value is -0.870. The minimum atomic E-state index is -3.69. The molecule has 0 spiro atoms. The number of carbonyl (C=O) groups is 2. The first kappa shape index (κ1) is 25.8. The number of carbonyl (C=O) groups excluding carboxylic acids is 2. The Kier molecular flexibility index (Phi) is 6.74. The predicted octanol–water partition coefficient (Wildman–Crippen LogP) is 2.04. The zero-order chi connectivity index (χ0) is 25.2. The van der Waals surface area contributed by atoms with Gasteiger partial charge in [0.15, 0.2) is 5.78 Å². The lowest BCUT2D eigenvalue weighted by atomic mass is 9.43. The van der Waals surface area contributed by atoms with Crippen molar-refractivity contribution in [1.82, 2.24) is 4.90 Å². The molecule has 35 heavy (non-hydrogen) atoms. The quantitative estimate of drug-likeness (QED) is 0.559. The van der Waals surface area contributed by atoms with Gasteiger partial charge in [0.2, 0.25) is 0 Å². The first-order chi connectivity index (χ1) is 16.4. The number of nitrogens with zero attached hydrogens (tertiary/aromatic N) is 1. The second-order valence-electron chi connectivity index (χ2n) is 12.5. The molecule has 0 amide bonds. The van der Waals surface area contributed by atoms with Crippen LogP contribution in [-0.4, -0.2) is 81.3 Å². The number of aliphatic hydroxyl groups is 1. The van der Waals surface area contributed by atoms with Crippen LogP contribution in [0.3, 0.4) is 0 Å². The summed E-state index contributed by atoms with van der Waals surface area (Å²) in [4.78, 5) is 29.3. The van der Waals surface area contributed by atoms with Crippen LogP contribution >= 0.6 is 0 Å². The van der Waals surface area contributed by atoms with Crippen LogP contribution in [0.4, 0.5) is 0 Å². The van der Waals surface area contributed by atoms with Crippen LogP contribution in [0.25, 0.3) is 0 Å². The summed E-state index contributed by atoms with van der Waals surface area (Å²) < 4.78 is 33.2. The molecule has 5 aliphatic rings. The third kappa shape index (κ3) is 4.43. The lowest BCUT2D eigenvalue weighted by Crippen LogP contribution is -2.62. The maximum atomic E-state index is 14.0. The van der Waals surface area contributed by atoms with Crippen molar-refractivity contribution < 1.29 is 32.0 Å². The summed E-state index contributed by atoms with van der Waals surface area (Å²) in [5.41, 5.74) is -0.581. The molecule has 198 valence electrons. The van der Waals surface area contributed by atoms with Gasteiger partial charge in [0.25, 0.3) is 10.1 Å². The van der Waals surface area contributed by atoms with Crippen molar-refractivity contribution >= 4 is 21.7 Å². The van der Waals surface area contributed by atoms with E-state index in [0.29, 0.717) is 32.0 Å². The molecule has 0 bridgehead atoms. The van der Waals surface area contributed by atoms with E-state index in [-0.39, 0.29) is 52.8 Å². The van der Waals surface area contributed by atoms with Crippen molar-refractivity contribution in [2.24, 2.45) is 40.4 Å². The smallest absolute Gasteiger partial charge is 0.264 e. The number of Topliss-reactive ketones (excluding diaryl/α,β-unsaturated/α-hetero) is 2. The van der Waals surface area contributed by atoms with Crippen LogP contribution in [0, 0.1) is 40.4 Å². The highest BCUT2D eigenvalue weighted by molar-refractivity contribution is 7.86. The molecule has 9 atom stereocenters. The van der Waals surface area contributed by atoms with E-state index in [0.717, 1.165) is 51.4 Å². The van der Waals surface area contributed by atoms with Gasteiger partial charge in [-0.1, -0.05) is 13.8 Å². The van der Waals surface area contributed by atoms with Crippen molar-refractivity contribution in [2.75, 3.05) is 39.2 Å². The van der Waals surface area contributed by atoms with E-state index in [1.807, 2.05) is 0 Å². The van der Waals surface area contributed by atoms with Gasteiger partial charge < -0.3 is 9.84 Å². The highest BCUT2D eigenvalue weighted by Crippen LogP contribution is 2.66. The zero-order valence-electron chi connectivity index (χ0n) is 21.3. The van der Waals surface area contributed by atoms with E-state index in [1.165, 1.54) is 0 Å². The standard InChI is InChI=1S/C26H41NO7S/c1-25-13-20(27-8-10-33-11-9-27)21(28)12-16(25)4-5-17-18-6-7-19(23(30)15-34-35(3,31)32)26(18,2)14-22(29)24(17)25/h16-21,24,28H,4-15H2,1-3H3/t16-,17-,18-,19+,20-,21-,24+,25-,26-/m0/s1. The van der Waals surface area contributed by atoms with Crippen LogP contribution in [0.2, 0.25) is 0 Å². The Labute approximate surface area is 209 Å². The Balaban J connectivity index is 1.38. The zero-order valence-corrected chi connectivity index (χ0v) is 22.1. The number of hydrogen-bond acceptors (Lipinski definition) is 8. The van der Waals surface area contributed by atoms with Crippen LogP contribution in [-0.2, 0) is 28.6 Å². The Morgan fingerprint density at radius 3 is 2.54 bits per heavy atom. The number of ketones is 2. The van der Waals surface area contributed by atoms with Crippen LogP contribution < -0.4 is 0 Å². The fourth-order valence-electron chi connectivity index (χ4n) is 9.17. The van der Waals surface area contributed by atoms with E-state index >= 15 is 0 Å². The van der Waals surface area contributed by atoms with E-state index in [2.05, 4.69) is 18.7 Å². The second-order valence-corrected chi connectivity index (χ2v) is 14.1. The predicted molar refractivity (Wildman–Crippen MR) is 129 cm³/mol. The SMILES string of the molecule is C[C@]12C[C@H](N3CCOCC3)[C@@H](O)C[C@@H]1CC[C@H]1[C@@H]3CC[C@H](C(=O)COS(C)(=O)=O)[C@@]3(C)CC(=O)[C@@H]12. The molecule has 0 radical (unpaired) electrons. The molecule has 1 N–H and O–H groups in total. The maximum absolute atomic E-state index is 14.0. The van der Waals surface area contributed by atoms with Gasteiger partial charge in [-0.3, -0.25) is 18.7 Å². The molecule has 1 saturated heterocycles. The highest BCUT2D eigenvalue weighted by Gasteiger charge is 2.65. The molecular formula is C26H41NO7S. The van der Waals surface area contributed by atoms with Crippen LogP contribution in [0.1, 0.15) is 58.8 Å². The summed E-state index contributed by atoms with van der Waals surface area (Å²) in [5.74, 6) is 0.573. The van der Waals surface area contributed by atoms with Gasteiger partial charge in [-0.2, -0.15) is 8.42 Å². The van der Waals surface area contributed by atoms with E-state index < -0.39 is 22.1 Å². The molecule has 0 aromatic heterocycles. The lowest BCUT2D eigenvalue weighted by Gasteiger charge is -2.61. The number of fused-ring (bicyclic) bond motifs is 5. The molecule has 1 aliphatic heterocycles. The molecule has 9 heteroatoms. The minimum Gasteiger partial charge on any atom is -0.391 e. The molecule has 1 heterocycles. The molecule has 8 nitrogen and oxygen atoms in total. The van der Waals surface area contributed by atoms with Gasteiger partial charge in [0, 0.05) is 37.4 Å². The van der Waals surface area contributed by atoms with E-state index in [4.69, 9.17) is 8.92 Å². The third-order valence-corrected chi connectivity index (χ3v) is 11.2. The summed E-state index contributed by atoms with van der Waals surface area (Å²) in [6.07, 6.45) is 6.12. The summed E-state index contributed by atoms with van der Waals surface area (Å²) in [6, 6.07) is 0.0612. The van der Waals surface area contributed by atoms with Crippen molar-refractivity contribution in [3.05, 3.63) is 0 Å². The molecule has 0 unspecified atom stereocenters. The number of morpholine rings is 1. The molecule has 4 saturated carbocycles. The molecule has 0 aromatic carbocycles. The number of aliphatic hydroxyl groups excluding tert-OH is 1. The van der Waals surface area contributed by atoms with Gasteiger partial charge in [0.05, 0.1) is 25.6 Å². The first-order valence-corrected chi connectivity index (χ1v) is 15.2. The minimum absolute atomic E-state index is 0.0310. The Morgan fingerprint density at radius 2 is 1.86 bits per heavy atom. The first-order valence-electron chi connectivity index (χ1n) is 13.3. The average Bonchev–Trinajstić information content (AvgIpc) is 3.14. The number of hydrogen-bond donors (Lipinski definition) is 1. The van der Waals surface area contributed by atoms with Crippen molar-refractivity contribution in [1.29, 1.82) is 0 Å². The summed E-state index contributed by atoms with van der Waals surface area (Å²) in [7, 11) is -3.69. The molecule has 0 aromatic rings. The third-order valence-electron chi connectivity index (χ3n) is 10.7. The van der Waals surface area contributed by atoms with E-state index in [1.54, 1.807) is 0 Å². The van der Waals surface area contributed by atoms with Crippen molar-refractivity contribution in [3.63, 3.8) is 0 Å². The number of rotatable bonds is 5. The topological polar surface area (TPSA) is 110 Å². The molecule has 4 aliphatic carbocycles. The summed E-state index contributed by atoms with van der Waals surface area (Å²) in [5, 5.41) is 11.1. The van der Waals surface area contributed by atoms with Gasteiger partial charge >= 0.3 is 0 Å².